The molecule has 26 heavy (non-hydrogen) atoms. The van der Waals surface area contributed by atoms with Gasteiger partial charge in [0.1, 0.15) is 17.4 Å². The van der Waals surface area contributed by atoms with Gasteiger partial charge in [-0.15, -0.1) is 11.3 Å². The number of hydrogen-bond acceptors (Lipinski definition) is 5. The molecule has 0 saturated heterocycles. The van der Waals surface area contributed by atoms with E-state index in [9.17, 15) is 4.79 Å². The Labute approximate surface area is 157 Å². The lowest BCUT2D eigenvalue weighted by Crippen LogP contribution is -2.32. The summed E-state index contributed by atoms with van der Waals surface area (Å²) in [6.45, 7) is 3.03. The minimum Gasteiger partial charge on any atom is -0.492 e. The number of aromatic nitrogens is 2. The number of hydrogen-bond donors (Lipinski definition) is 0. The molecule has 0 aliphatic heterocycles. The lowest BCUT2D eigenvalue weighted by Gasteiger charge is -2.17. The molecule has 1 aromatic carbocycles. The van der Waals surface area contributed by atoms with Crippen molar-refractivity contribution < 1.29 is 9.53 Å². The van der Waals surface area contributed by atoms with E-state index in [1.54, 1.807) is 24.3 Å². The van der Waals surface area contributed by atoms with Crippen molar-refractivity contribution in [3.63, 3.8) is 0 Å². The topological polar surface area (TPSA) is 55.3 Å². The third kappa shape index (κ3) is 4.89. The van der Waals surface area contributed by atoms with Crippen LogP contribution in [0.25, 0.3) is 10.6 Å². The van der Waals surface area contributed by atoms with Gasteiger partial charge < -0.3 is 9.64 Å². The highest BCUT2D eigenvalue weighted by molar-refractivity contribution is 7.13. The maximum absolute atomic E-state index is 12.4. The molecule has 0 bridgehead atoms. The zero-order valence-corrected chi connectivity index (χ0v) is 15.7. The summed E-state index contributed by atoms with van der Waals surface area (Å²) in [7, 11) is 1.79. The maximum atomic E-state index is 12.4. The summed E-state index contributed by atoms with van der Waals surface area (Å²) in [4.78, 5) is 22.7. The van der Waals surface area contributed by atoms with Gasteiger partial charge >= 0.3 is 0 Å². The number of carbonyl (C=O) groups is 1. The van der Waals surface area contributed by atoms with E-state index in [0.717, 1.165) is 22.0 Å². The van der Waals surface area contributed by atoms with Gasteiger partial charge in [0.15, 0.2) is 0 Å². The van der Waals surface area contributed by atoms with Gasteiger partial charge in [0.25, 0.3) is 0 Å². The molecule has 3 rings (SSSR count). The molecule has 0 unspecified atom stereocenters. The monoisotopic (exact) mass is 367 g/mol. The van der Waals surface area contributed by atoms with Crippen LogP contribution < -0.4 is 4.74 Å². The highest BCUT2D eigenvalue weighted by atomic mass is 32.1. The first-order valence-corrected chi connectivity index (χ1v) is 9.28. The normalized spacial score (nSPS) is 10.5. The van der Waals surface area contributed by atoms with Crippen LogP contribution in [0.4, 0.5) is 0 Å². The third-order valence-electron chi connectivity index (χ3n) is 3.93. The van der Waals surface area contributed by atoms with Crippen LogP contribution in [-0.2, 0) is 11.2 Å². The summed E-state index contributed by atoms with van der Waals surface area (Å²) >= 11 is 1.53. The van der Waals surface area contributed by atoms with Gasteiger partial charge in [-0.05, 0) is 31.2 Å². The Balaban J connectivity index is 1.48. The maximum Gasteiger partial charge on any atom is 0.228 e. The van der Waals surface area contributed by atoms with Crippen molar-refractivity contribution in [2.75, 3.05) is 20.2 Å². The molecule has 0 saturated carbocycles. The molecule has 0 N–H and O–H groups in total. The molecule has 134 valence electrons. The largest absolute Gasteiger partial charge is 0.492 e. The van der Waals surface area contributed by atoms with Gasteiger partial charge in [-0.1, -0.05) is 17.7 Å². The first-order chi connectivity index (χ1) is 12.6. The molecule has 0 spiro atoms. The average molecular weight is 367 g/mol. The van der Waals surface area contributed by atoms with Crippen molar-refractivity contribution in [3.05, 3.63) is 65.4 Å². The number of pyridine rings is 1. The average Bonchev–Trinajstić information content (AvgIpc) is 3.12. The third-order valence-corrected chi connectivity index (χ3v) is 4.87. The molecule has 6 heteroatoms. The van der Waals surface area contributed by atoms with Crippen molar-refractivity contribution in [2.24, 2.45) is 0 Å². The molecule has 2 heterocycles. The Hall–Kier alpha value is -2.73. The highest BCUT2D eigenvalue weighted by Gasteiger charge is 2.13. The number of aryl methyl sites for hydroxylation is 1. The van der Waals surface area contributed by atoms with E-state index in [4.69, 9.17) is 4.74 Å². The fraction of sp³-hybridized carbons (Fsp3) is 0.250. The van der Waals surface area contributed by atoms with Crippen molar-refractivity contribution in [1.29, 1.82) is 0 Å². The van der Waals surface area contributed by atoms with Crippen molar-refractivity contribution in [3.8, 4) is 16.3 Å². The standard InChI is InChI=1S/C20H21N3O2S/c1-15-5-7-18(8-6-15)25-11-10-23(2)19(24)12-17-14-26-20(22-17)16-4-3-9-21-13-16/h3-9,13-14H,10-12H2,1-2H3. The van der Waals surface area contributed by atoms with Crippen LogP contribution in [0, 0.1) is 6.92 Å². The van der Waals surface area contributed by atoms with Crippen LogP contribution >= 0.6 is 11.3 Å². The lowest BCUT2D eigenvalue weighted by molar-refractivity contribution is -0.129. The summed E-state index contributed by atoms with van der Waals surface area (Å²) in [5.41, 5.74) is 2.94. The molecule has 1 amide bonds. The van der Waals surface area contributed by atoms with Crippen LogP contribution in [0.1, 0.15) is 11.3 Å². The van der Waals surface area contributed by atoms with E-state index in [0.29, 0.717) is 13.2 Å². The van der Waals surface area contributed by atoms with E-state index < -0.39 is 0 Å². The van der Waals surface area contributed by atoms with Crippen molar-refractivity contribution >= 4 is 17.2 Å². The highest BCUT2D eigenvalue weighted by Crippen LogP contribution is 2.23. The Morgan fingerprint density at radius 3 is 2.77 bits per heavy atom. The molecule has 0 aliphatic rings. The van der Waals surface area contributed by atoms with Gasteiger partial charge in [-0.25, -0.2) is 4.98 Å². The summed E-state index contributed by atoms with van der Waals surface area (Å²) < 4.78 is 5.68. The SMILES string of the molecule is Cc1ccc(OCCN(C)C(=O)Cc2csc(-c3cccnc3)n2)cc1. The smallest absolute Gasteiger partial charge is 0.228 e. The molecular weight excluding hydrogens is 346 g/mol. The molecule has 0 aliphatic carbocycles. The number of ether oxygens (including phenoxy) is 1. The first kappa shape index (κ1) is 18.1. The lowest BCUT2D eigenvalue weighted by atomic mass is 10.2. The minimum atomic E-state index is 0.0283. The van der Waals surface area contributed by atoms with E-state index in [1.165, 1.54) is 16.9 Å². The molecule has 0 atom stereocenters. The van der Waals surface area contributed by atoms with Gasteiger partial charge in [-0.2, -0.15) is 0 Å². The van der Waals surface area contributed by atoms with Crippen molar-refractivity contribution in [2.45, 2.75) is 13.3 Å². The van der Waals surface area contributed by atoms with E-state index >= 15 is 0 Å². The Morgan fingerprint density at radius 2 is 2.04 bits per heavy atom. The number of carbonyl (C=O) groups excluding carboxylic acids is 1. The molecule has 5 nitrogen and oxygen atoms in total. The van der Waals surface area contributed by atoms with Gasteiger partial charge in [-0.3, -0.25) is 9.78 Å². The summed E-state index contributed by atoms with van der Waals surface area (Å²) in [6, 6.07) is 11.7. The Kier molecular flexibility index (Phi) is 5.96. The van der Waals surface area contributed by atoms with Gasteiger partial charge in [0.05, 0.1) is 18.7 Å². The number of benzene rings is 1. The summed E-state index contributed by atoms with van der Waals surface area (Å²) in [5.74, 6) is 0.845. The Bertz CT molecular complexity index is 847. The predicted octanol–water partition coefficient (Wildman–Crippen LogP) is 3.59. The second-order valence-electron chi connectivity index (χ2n) is 6.04. The zero-order chi connectivity index (χ0) is 18.4. The predicted molar refractivity (Wildman–Crippen MR) is 103 cm³/mol. The number of amides is 1. The quantitative estimate of drug-likeness (QED) is 0.640. The van der Waals surface area contributed by atoms with Crippen LogP contribution in [0.2, 0.25) is 0 Å². The molecule has 0 radical (unpaired) electrons. The van der Waals surface area contributed by atoms with Crippen LogP contribution in [0.15, 0.2) is 54.2 Å². The fourth-order valence-corrected chi connectivity index (χ4v) is 3.17. The number of rotatable bonds is 7. The first-order valence-electron chi connectivity index (χ1n) is 8.40. The van der Waals surface area contributed by atoms with Gasteiger partial charge in [0.2, 0.25) is 5.91 Å². The number of thiazole rings is 1. The van der Waals surface area contributed by atoms with Crippen LogP contribution in [0.5, 0.6) is 5.75 Å². The second-order valence-corrected chi connectivity index (χ2v) is 6.90. The molecular formula is C20H21N3O2S. The Morgan fingerprint density at radius 1 is 1.23 bits per heavy atom. The van der Waals surface area contributed by atoms with E-state index in [1.807, 2.05) is 48.7 Å². The molecule has 3 aromatic rings. The van der Waals surface area contributed by atoms with E-state index in [-0.39, 0.29) is 12.3 Å². The van der Waals surface area contributed by atoms with Crippen molar-refractivity contribution in [1.82, 2.24) is 14.9 Å². The summed E-state index contributed by atoms with van der Waals surface area (Å²) in [6.07, 6.45) is 3.80. The van der Waals surface area contributed by atoms with Crippen LogP contribution in [0.3, 0.4) is 0 Å². The summed E-state index contributed by atoms with van der Waals surface area (Å²) in [5, 5.41) is 2.81. The van der Waals surface area contributed by atoms with E-state index in [2.05, 4.69) is 9.97 Å². The fourth-order valence-electron chi connectivity index (χ4n) is 2.36. The number of nitrogens with zero attached hydrogens (tertiary/aromatic N) is 3. The second kappa shape index (κ2) is 8.58. The van der Waals surface area contributed by atoms with Crippen LogP contribution in [-0.4, -0.2) is 41.0 Å². The molecule has 0 fully saturated rings. The molecule has 2 aromatic heterocycles. The van der Waals surface area contributed by atoms with Gasteiger partial charge in [0, 0.05) is 30.4 Å². The zero-order valence-electron chi connectivity index (χ0n) is 14.9. The number of likely N-dealkylation sites (N-methyl/N-ethyl adjacent to an activating group) is 1. The minimum absolute atomic E-state index is 0.0283.